The molecule has 1 aliphatic heterocycles. The Morgan fingerprint density at radius 2 is 2.33 bits per heavy atom. The third-order valence-corrected chi connectivity index (χ3v) is 3.45. The van der Waals surface area contributed by atoms with Crippen LogP contribution in [0.3, 0.4) is 0 Å². The van der Waals surface area contributed by atoms with Gasteiger partial charge in [-0.05, 0) is 13.3 Å². The van der Waals surface area contributed by atoms with Crippen LogP contribution in [0.2, 0.25) is 0 Å². The van der Waals surface area contributed by atoms with E-state index < -0.39 is 0 Å². The van der Waals surface area contributed by atoms with Crippen molar-refractivity contribution >= 4 is 11.9 Å². The molecule has 2 aromatic rings. The molecule has 1 N–H and O–H groups in total. The minimum absolute atomic E-state index is 0.303. The quantitative estimate of drug-likeness (QED) is 0.868. The second-order valence-corrected chi connectivity index (χ2v) is 4.89. The molecule has 0 saturated carbocycles. The van der Waals surface area contributed by atoms with Crippen LogP contribution in [0.1, 0.15) is 13.3 Å². The smallest absolute Gasteiger partial charge is 0.241 e. The fraction of sp³-hybridized carbons (Fsp3) is 0.538. The Balaban J connectivity index is 1.94. The summed E-state index contributed by atoms with van der Waals surface area (Å²) in [4.78, 5) is 19.5. The lowest BCUT2D eigenvalue weighted by molar-refractivity contribution is 0.193. The topological polar surface area (TPSA) is 81.0 Å². The second-order valence-electron chi connectivity index (χ2n) is 4.89. The van der Waals surface area contributed by atoms with Gasteiger partial charge in [0.15, 0.2) is 0 Å². The number of hydrogen-bond donors (Lipinski definition) is 1. The summed E-state index contributed by atoms with van der Waals surface area (Å²) in [5.74, 6) is 1.76. The number of likely N-dealkylation sites (N-methyl/N-ethyl adjacent to an activating group) is 1. The fourth-order valence-corrected chi connectivity index (χ4v) is 2.23. The third kappa shape index (κ3) is 2.94. The first-order chi connectivity index (χ1) is 10.3. The predicted molar refractivity (Wildman–Crippen MR) is 78.7 cm³/mol. The molecule has 8 nitrogen and oxygen atoms in total. The predicted octanol–water partition coefficient (Wildman–Crippen LogP) is 0.714. The Kier molecular flexibility index (Phi) is 3.96. The van der Waals surface area contributed by atoms with Crippen molar-refractivity contribution in [2.75, 3.05) is 37.0 Å². The van der Waals surface area contributed by atoms with Gasteiger partial charge in [0.25, 0.3) is 0 Å². The summed E-state index contributed by atoms with van der Waals surface area (Å²) in [6, 6.07) is 0.303. The summed E-state index contributed by atoms with van der Waals surface area (Å²) in [6.45, 7) is 4.26. The van der Waals surface area contributed by atoms with Crippen LogP contribution in [0.25, 0.3) is 5.95 Å². The number of nitrogens with zero attached hydrogens (tertiary/aromatic N) is 6. The molecule has 1 aliphatic rings. The van der Waals surface area contributed by atoms with E-state index in [2.05, 4.69) is 30.2 Å². The van der Waals surface area contributed by atoms with Crippen LogP contribution >= 0.6 is 0 Å². The van der Waals surface area contributed by atoms with E-state index >= 15 is 0 Å². The van der Waals surface area contributed by atoms with Gasteiger partial charge in [-0.1, -0.05) is 0 Å². The number of imidazole rings is 1. The van der Waals surface area contributed by atoms with Gasteiger partial charge in [0, 0.05) is 32.6 Å². The highest BCUT2D eigenvalue weighted by Crippen LogP contribution is 2.18. The molecule has 1 unspecified atom stereocenters. The molecule has 2 aromatic heterocycles. The minimum Gasteiger partial charge on any atom is -0.379 e. The summed E-state index contributed by atoms with van der Waals surface area (Å²) in [6.07, 6.45) is 6.17. The van der Waals surface area contributed by atoms with Crippen molar-refractivity contribution in [2.24, 2.45) is 0 Å². The highest BCUT2D eigenvalue weighted by atomic mass is 16.5. The Morgan fingerprint density at radius 3 is 3.00 bits per heavy atom. The van der Waals surface area contributed by atoms with Gasteiger partial charge in [-0.25, -0.2) is 4.98 Å². The second kappa shape index (κ2) is 6.04. The fourth-order valence-electron chi connectivity index (χ4n) is 2.23. The maximum absolute atomic E-state index is 5.44. The number of anilines is 2. The molecule has 0 aliphatic carbocycles. The Morgan fingerprint density at radius 1 is 1.43 bits per heavy atom. The van der Waals surface area contributed by atoms with E-state index in [-0.39, 0.29) is 0 Å². The normalized spacial score (nSPS) is 17.9. The molecular formula is C13H19N7O. The van der Waals surface area contributed by atoms with E-state index in [0.717, 1.165) is 19.6 Å². The van der Waals surface area contributed by atoms with Gasteiger partial charge in [0.2, 0.25) is 17.8 Å². The van der Waals surface area contributed by atoms with Crippen molar-refractivity contribution in [3.63, 3.8) is 0 Å². The Hall–Kier alpha value is -2.22. The molecule has 0 amide bonds. The van der Waals surface area contributed by atoms with E-state index in [1.54, 1.807) is 17.1 Å². The van der Waals surface area contributed by atoms with Crippen LogP contribution in [0.5, 0.6) is 0 Å². The molecule has 21 heavy (non-hydrogen) atoms. The van der Waals surface area contributed by atoms with Crippen molar-refractivity contribution in [3.05, 3.63) is 18.7 Å². The third-order valence-electron chi connectivity index (χ3n) is 3.45. The average Bonchev–Trinajstić information content (AvgIpc) is 3.19. The van der Waals surface area contributed by atoms with Crippen LogP contribution in [-0.4, -0.2) is 57.4 Å². The van der Waals surface area contributed by atoms with E-state index in [1.165, 1.54) is 0 Å². The van der Waals surface area contributed by atoms with Gasteiger partial charge in [-0.3, -0.25) is 4.57 Å². The lowest BCUT2D eigenvalue weighted by atomic mass is 10.2. The van der Waals surface area contributed by atoms with E-state index in [9.17, 15) is 0 Å². The van der Waals surface area contributed by atoms with Gasteiger partial charge in [-0.2, -0.15) is 15.0 Å². The molecule has 3 heterocycles. The molecular weight excluding hydrogens is 270 g/mol. The largest absolute Gasteiger partial charge is 0.379 e. The summed E-state index contributed by atoms with van der Waals surface area (Å²) in [5, 5.41) is 3.14. The average molecular weight is 289 g/mol. The van der Waals surface area contributed by atoms with Crippen LogP contribution in [-0.2, 0) is 4.74 Å². The van der Waals surface area contributed by atoms with Crippen molar-refractivity contribution in [2.45, 2.75) is 19.4 Å². The molecule has 0 aromatic carbocycles. The van der Waals surface area contributed by atoms with Crippen LogP contribution in [0, 0.1) is 0 Å². The molecule has 0 radical (unpaired) electrons. The number of ether oxygens (including phenoxy) is 1. The molecule has 0 bridgehead atoms. The number of hydrogen-bond acceptors (Lipinski definition) is 7. The molecule has 0 spiro atoms. The summed E-state index contributed by atoms with van der Waals surface area (Å²) in [5.41, 5.74) is 0. The monoisotopic (exact) mass is 289 g/mol. The first kappa shape index (κ1) is 13.7. The zero-order valence-electron chi connectivity index (χ0n) is 12.2. The standard InChI is InChI=1S/C13H19N7O/c1-3-15-11-16-12(19(2)10-4-7-21-8-10)18-13(17-11)20-6-5-14-9-20/h5-6,9-10H,3-4,7-8H2,1-2H3,(H,15,16,17,18). The highest BCUT2D eigenvalue weighted by Gasteiger charge is 2.23. The Labute approximate surface area is 123 Å². The lowest BCUT2D eigenvalue weighted by Crippen LogP contribution is -2.33. The zero-order chi connectivity index (χ0) is 14.7. The summed E-state index contributed by atoms with van der Waals surface area (Å²) < 4.78 is 7.21. The van der Waals surface area contributed by atoms with Crippen LogP contribution in [0.15, 0.2) is 18.7 Å². The van der Waals surface area contributed by atoms with E-state index in [0.29, 0.717) is 30.5 Å². The number of nitrogens with one attached hydrogen (secondary N) is 1. The van der Waals surface area contributed by atoms with Gasteiger partial charge in [0.1, 0.15) is 6.33 Å². The summed E-state index contributed by atoms with van der Waals surface area (Å²) >= 11 is 0. The van der Waals surface area contributed by atoms with Crippen molar-refractivity contribution in [1.82, 2.24) is 24.5 Å². The van der Waals surface area contributed by atoms with Gasteiger partial charge >= 0.3 is 0 Å². The maximum atomic E-state index is 5.44. The zero-order valence-corrected chi connectivity index (χ0v) is 12.2. The van der Waals surface area contributed by atoms with E-state index in [1.807, 2.05) is 20.2 Å². The maximum Gasteiger partial charge on any atom is 0.241 e. The highest BCUT2D eigenvalue weighted by molar-refractivity contribution is 5.40. The Bertz CT molecular complexity index is 580. The molecule has 112 valence electrons. The van der Waals surface area contributed by atoms with Crippen molar-refractivity contribution < 1.29 is 4.74 Å². The molecule has 1 saturated heterocycles. The number of aromatic nitrogens is 5. The molecule has 8 heteroatoms. The van der Waals surface area contributed by atoms with Gasteiger partial charge in [0.05, 0.1) is 12.6 Å². The van der Waals surface area contributed by atoms with E-state index in [4.69, 9.17) is 4.74 Å². The van der Waals surface area contributed by atoms with Gasteiger partial charge < -0.3 is 15.0 Å². The first-order valence-electron chi connectivity index (χ1n) is 7.06. The molecule has 3 rings (SSSR count). The van der Waals surface area contributed by atoms with Crippen molar-refractivity contribution in [3.8, 4) is 5.95 Å². The van der Waals surface area contributed by atoms with Gasteiger partial charge in [-0.15, -0.1) is 0 Å². The SMILES string of the molecule is CCNc1nc(N(C)C2CCOC2)nc(-n2ccnc2)n1. The van der Waals surface area contributed by atoms with Crippen LogP contribution < -0.4 is 10.2 Å². The van der Waals surface area contributed by atoms with Crippen LogP contribution in [0.4, 0.5) is 11.9 Å². The molecule has 1 fully saturated rings. The summed E-state index contributed by atoms with van der Waals surface area (Å²) in [7, 11) is 1.99. The first-order valence-corrected chi connectivity index (χ1v) is 7.06. The molecule has 1 atom stereocenters. The lowest BCUT2D eigenvalue weighted by Gasteiger charge is -2.23. The minimum atomic E-state index is 0.303. The number of rotatable bonds is 5. The van der Waals surface area contributed by atoms with Crippen molar-refractivity contribution in [1.29, 1.82) is 0 Å².